The number of phenolic OH excluding ortho intramolecular Hbond substituents is 2. The molecule has 0 fully saturated rings. The summed E-state index contributed by atoms with van der Waals surface area (Å²) in [5.74, 6) is -1.31. The zero-order valence-electron chi connectivity index (χ0n) is 18.6. The van der Waals surface area contributed by atoms with E-state index in [4.69, 9.17) is 0 Å². The van der Waals surface area contributed by atoms with Crippen LogP contribution in [0.1, 0.15) is 11.1 Å². The van der Waals surface area contributed by atoms with Crippen LogP contribution in [0.25, 0.3) is 0 Å². The van der Waals surface area contributed by atoms with Crippen molar-refractivity contribution in [3.8, 4) is 11.5 Å². The lowest BCUT2D eigenvalue weighted by Crippen LogP contribution is -2.52. The van der Waals surface area contributed by atoms with Gasteiger partial charge in [0.1, 0.15) is 6.04 Å². The molecule has 3 rings (SSSR count). The number of aryl methyl sites for hydroxylation is 1. The largest absolute Gasteiger partial charge is 0.504 e. The minimum absolute atomic E-state index is 0.0484. The first-order valence-electron chi connectivity index (χ1n) is 10.3. The Morgan fingerprint density at radius 2 is 1.59 bits per heavy atom. The number of hydrogen-bond acceptors (Lipinski definition) is 6. The van der Waals surface area contributed by atoms with Crippen molar-refractivity contribution in [3.63, 3.8) is 0 Å². The molecule has 34 heavy (non-hydrogen) atoms. The van der Waals surface area contributed by atoms with Gasteiger partial charge in [0.2, 0.25) is 5.91 Å². The summed E-state index contributed by atoms with van der Waals surface area (Å²) in [5, 5.41) is 21.8. The molecular weight excluding hydrogens is 458 g/mol. The fourth-order valence-electron chi connectivity index (χ4n) is 3.35. The van der Waals surface area contributed by atoms with E-state index < -0.39 is 33.8 Å². The first-order chi connectivity index (χ1) is 16.1. The molecule has 0 heterocycles. The number of nitrogens with zero attached hydrogens (tertiary/aromatic N) is 1. The highest BCUT2D eigenvalue weighted by Crippen LogP contribution is 2.29. The Morgan fingerprint density at radius 3 is 2.24 bits per heavy atom. The van der Waals surface area contributed by atoms with Crippen LogP contribution in [-0.2, 0) is 21.2 Å². The molecule has 0 aliphatic rings. The van der Waals surface area contributed by atoms with E-state index in [1.165, 1.54) is 36.2 Å². The average Bonchev–Trinajstić information content (AvgIpc) is 2.80. The van der Waals surface area contributed by atoms with Crippen LogP contribution in [0.3, 0.4) is 0 Å². The van der Waals surface area contributed by atoms with Crippen molar-refractivity contribution in [1.29, 1.82) is 0 Å². The molecule has 9 nitrogen and oxygen atoms in total. The van der Waals surface area contributed by atoms with Gasteiger partial charge in [0.25, 0.3) is 10.0 Å². The minimum atomic E-state index is -4.16. The lowest BCUT2D eigenvalue weighted by molar-refractivity contribution is -0.120. The molecule has 1 atom stereocenters. The summed E-state index contributed by atoms with van der Waals surface area (Å²) in [6, 6.07) is 16.8. The van der Waals surface area contributed by atoms with Gasteiger partial charge in [0, 0.05) is 25.2 Å². The van der Waals surface area contributed by atoms with Gasteiger partial charge in [-0.2, -0.15) is 0 Å². The van der Waals surface area contributed by atoms with Gasteiger partial charge in [-0.3, -0.25) is 4.79 Å². The summed E-state index contributed by atoms with van der Waals surface area (Å²) in [6.07, 6.45) is 0.0892. The first-order valence-corrected chi connectivity index (χ1v) is 11.8. The smallest absolute Gasteiger partial charge is 0.329 e. The monoisotopic (exact) mass is 483 g/mol. The Kier molecular flexibility index (Phi) is 7.42. The maximum absolute atomic E-state index is 13.3. The molecule has 0 aromatic heterocycles. The number of aromatic hydroxyl groups is 2. The molecule has 0 aliphatic heterocycles. The molecule has 4 N–H and O–H groups in total. The minimum Gasteiger partial charge on any atom is -0.504 e. The lowest BCUT2D eigenvalue weighted by atomic mass is 10.0. The predicted molar refractivity (Wildman–Crippen MR) is 127 cm³/mol. The van der Waals surface area contributed by atoms with Crippen LogP contribution in [0, 0.1) is 6.92 Å². The number of benzene rings is 3. The second-order valence-electron chi connectivity index (χ2n) is 7.66. The molecule has 0 saturated heterocycles. The van der Waals surface area contributed by atoms with Gasteiger partial charge in [0.15, 0.2) is 11.5 Å². The fourth-order valence-corrected chi connectivity index (χ4v) is 4.52. The van der Waals surface area contributed by atoms with Gasteiger partial charge in [-0.1, -0.05) is 48.5 Å². The molecule has 0 unspecified atom stereocenters. The fraction of sp³-hybridized carbons (Fsp3) is 0.167. The molecule has 0 bridgehead atoms. The number of carbonyl (C=O) groups excluding carboxylic acids is 2. The van der Waals surface area contributed by atoms with E-state index in [-0.39, 0.29) is 22.8 Å². The zero-order chi connectivity index (χ0) is 24.9. The predicted octanol–water partition coefficient (Wildman–Crippen LogP) is 2.67. The van der Waals surface area contributed by atoms with Crippen molar-refractivity contribution in [3.05, 3.63) is 83.9 Å². The molecule has 178 valence electrons. The number of sulfonamides is 1. The van der Waals surface area contributed by atoms with Crippen LogP contribution in [-0.4, -0.2) is 43.7 Å². The Hall–Kier alpha value is -4.05. The van der Waals surface area contributed by atoms with E-state index in [0.717, 1.165) is 5.56 Å². The molecule has 0 spiro atoms. The lowest BCUT2D eigenvalue weighted by Gasteiger charge is -2.25. The average molecular weight is 484 g/mol. The van der Waals surface area contributed by atoms with Crippen molar-refractivity contribution >= 4 is 27.6 Å². The quantitative estimate of drug-likeness (QED) is 0.382. The maximum atomic E-state index is 13.3. The molecule has 3 aromatic carbocycles. The highest BCUT2D eigenvalue weighted by Gasteiger charge is 2.28. The third-order valence-electron chi connectivity index (χ3n) is 5.17. The van der Waals surface area contributed by atoms with Crippen LogP contribution in [0.2, 0.25) is 0 Å². The summed E-state index contributed by atoms with van der Waals surface area (Å²) in [7, 11) is -2.72. The van der Waals surface area contributed by atoms with Gasteiger partial charge in [-0.15, -0.1) is 0 Å². The van der Waals surface area contributed by atoms with Crippen LogP contribution < -0.4 is 14.9 Å². The highest BCUT2D eigenvalue weighted by atomic mass is 32.2. The highest BCUT2D eigenvalue weighted by molar-refractivity contribution is 7.90. The van der Waals surface area contributed by atoms with Crippen molar-refractivity contribution in [2.75, 3.05) is 11.9 Å². The van der Waals surface area contributed by atoms with Gasteiger partial charge < -0.3 is 20.4 Å². The summed E-state index contributed by atoms with van der Waals surface area (Å²) in [5.41, 5.74) is 1.48. The summed E-state index contributed by atoms with van der Waals surface area (Å²) < 4.78 is 27.3. The number of nitrogens with one attached hydrogen (secondary N) is 2. The van der Waals surface area contributed by atoms with Crippen LogP contribution >= 0.6 is 0 Å². The third kappa shape index (κ3) is 5.84. The molecule has 10 heteroatoms. The number of likely N-dealkylation sites (N-methyl/N-ethyl adjacent to an activating group) is 1. The summed E-state index contributed by atoms with van der Waals surface area (Å²) in [4.78, 5) is 27.1. The van der Waals surface area contributed by atoms with E-state index >= 15 is 0 Å². The topological polar surface area (TPSA) is 136 Å². The Balaban J connectivity index is 1.83. The second-order valence-corrected chi connectivity index (χ2v) is 9.31. The first kappa shape index (κ1) is 24.6. The van der Waals surface area contributed by atoms with Crippen LogP contribution in [0.15, 0.2) is 77.7 Å². The van der Waals surface area contributed by atoms with Crippen LogP contribution in [0.4, 0.5) is 10.5 Å². The van der Waals surface area contributed by atoms with Crippen LogP contribution in [0.5, 0.6) is 11.5 Å². The van der Waals surface area contributed by atoms with E-state index in [9.17, 15) is 28.2 Å². The number of phenols is 2. The van der Waals surface area contributed by atoms with Gasteiger partial charge in [-0.25, -0.2) is 17.9 Å². The number of anilines is 1. The number of urea groups is 1. The maximum Gasteiger partial charge on any atom is 0.329 e. The van der Waals surface area contributed by atoms with Gasteiger partial charge in [0.05, 0.1) is 4.90 Å². The number of rotatable bonds is 7. The van der Waals surface area contributed by atoms with Gasteiger partial charge >= 0.3 is 6.03 Å². The number of hydrogen-bond donors (Lipinski definition) is 4. The van der Waals surface area contributed by atoms with E-state index in [0.29, 0.717) is 5.56 Å². The molecular formula is C24H25N3O6S. The summed E-state index contributed by atoms with van der Waals surface area (Å²) in [6.45, 7) is 1.61. The standard InChI is InChI=1S/C24H25N3O6S/c1-16-8-6-7-11-22(16)34(32,33)26-24(31)25-19(14-17-9-4-3-5-10-17)23(30)27(2)18-12-13-20(28)21(29)15-18/h3-13,15,19,28-29H,14H2,1-2H3,(H2,25,26,31)/t19-/m0/s1. The van der Waals surface area contributed by atoms with Crippen molar-refractivity contribution < 1.29 is 28.2 Å². The Morgan fingerprint density at radius 1 is 0.941 bits per heavy atom. The SMILES string of the molecule is Cc1ccccc1S(=O)(=O)NC(=O)N[C@@H](Cc1ccccc1)C(=O)N(C)c1ccc(O)c(O)c1. The summed E-state index contributed by atoms with van der Waals surface area (Å²) >= 11 is 0. The van der Waals surface area contributed by atoms with Crippen molar-refractivity contribution in [2.24, 2.45) is 0 Å². The normalized spacial score (nSPS) is 11.9. The zero-order valence-corrected chi connectivity index (χ0v) is 19.4. The van der Waals surface area contributed by atoms with E-state index in [1.807, 2.05) is 4.72 Å². The Labute approximate surface area is 197 Å². The van der Waals surface area contributed by atoms with E-state index in [1.54, 1.807) is 55.5 Å². The number of amides is 3. The molecule has 3 amide bonds. The van der Waals surface area contributed by atoms with E-state index in [2.05, 4.69) is 5.32 Å². The number of carbonyl (C=O) groups is 2. The third-order valence-corrected chi connectivity index (χ3v) is 6.66. The molecule has 3 aromatic rings. The molecule has 0 saturated carbocycles. The Bertz CT molecular complexity index is 1300. The molecule has 0 radical (unpaired) electrons. The van der Waals surface area contributed by atoms with Crippen molar-refractivity contribution in [1.82, 2.24) is 10.0 Å². The van der Waals surface area contributed by atoms with Crippen molar-refractivity contribution in [2.45, 2.75) is 24.3 Å². The second kappa shape index (κ2) is 10.3. The van der Waals surface area contributed by atoms with Gasteiger partial charge in [-0.05, 0) is 36.2 Å². The molecule has 0 aliphatic carbocycles.